The molecular formula is C14H20ClNO5S. The lowest BCUT2D eigenvalue weighted by Gasteiger charge is -2.23. The predicted molar refractivity (Wildman–Crippen MR) is 83.5 cm³/mol. The van der Waals surface area contributed by atoms with Gasteiger partial charge in [-0.05, 0) is 17.7 Å². The van der Waals surface area contributed by atoms with E-state index < -0.39 is 27.4 Å². The van der Waals surface area contributed by atoms with Gasteiger partial charge < -0.3 is 14.2 Å². The number of methoxy groups -OCH3 is 2. The lowest BCUT2D eigenvalue weighted by atomic mass is 10.1. The normalized spacial score (nSPS) is 23.6. The summed E-state index contributed by atoms with van der Waals surface area (Å²) in [5.74, 6) is 0. The number of nitrogens with one attached hydrogen (secondary N) is 1. The number of halogens is 1. The van der Waals surface area contributed by atoms with Gasteiger partial charge in [0.15, 0.2) is 0 Å². The maximum atomic E-state index is 12.6. The summed E-state index contributed by atoms with van der Waals surface area (Å²) in [6, 6.07) is 6.50. The van der Waals surface area contributed by atoms with Gasteiger partial charge in [0.2, 0.25) is 10.0 Å². The highest BCUT2D eigenvalue weighted by molar-refractivity contribution is 7.90. The molecule has 1 aromatic carbocycles. The van der Waals surface area contributed by atoms with E-state index in [0.717, 1.165) is 5.56 Å². The van der Waals surface area contributed by atoms with Crippen LogP contribution in [-0.4, -0.2) is 53.8 Å². The minimum Gasteiger partial charge on any atom is -0.383 e. The molecule has 1 aliphatic rings. The van der Waals surface area contributed by atoms with Crippen molar-refractivity contribution in [2.75, 3.05) is 34.0 Å². The Labute approximate surface area is 135 Å². The maximum Gasteiger partial charge on any atom is 0.220 e. The molecule has 1 aromatic rings. The molecule has 1 heterocycles. The Morgan fingerprint density at radius 1 is 1.41 bits per heavy atom. The molecular weight excluding hydrogens is 330 g/mol. The van der Waals surface area contributed by atoms with Gasteiger partial charge in [0.05, 0.1) is 25.9 Å². The van der Waals surface area contributed by atoms with Gasteiger partial charge in [0, 0.05) is 19.2 Å². The van der Waals surface area contributed by atoms with E-state index in [1.807, 2.05) is 0 Å². The van der Waals surface area contributed by atoms with Crippen LogP contribution in [0.3, 0.4) is 0 Å². The largest absolute Gasteiger partial charge is 0.383 e. The van der Waals surface area contributed by atoms with Crippen molar-refractivity contribution in [2.24, 2.45) is 0 Å². The van der Waals surface area contributed by atoms with Crippen LogP contribution in [-0.2, 0) is 24.2 Å². The summed E-state index contributed by atoms with van der Waals surface area (Å²) in [6.07, 6.45) is -0.472. The van der Waals surface area contributed by atoms with E-state index >= 15 is 0 Å². The van der Waals surface area contributed by atoms with Crippen molar-refractivity contribution in [3.8, 4) is 0 Å². The molecule has 1 aliphatic heterocycles. The van der Waals surface area contributed by atoms with Crippen LogP contribution in [0.5, 0.6) is 0 Å². The minimum atomic E-state index is -3.63. The van der Waals surface area contributed by atoms with E-state index in [1.54, 1.807) is 24.3 Å². The lowest BCUT2D eigenvalue weighted by Crippen LogP contribution is -2.44. The highest BCUT2D eigenvalue weighted by Gasteiger charge is 2.40. The first-order valence-corrected chi connectivity index (χ1v) is 8.76. The van der Waals surface area contributed by atoms with Crippen molar-refractivity contribution < 1.29 is 22.6 Å². The second kappa shape index (κ2) is 7.72. The van der Waals surface area contributed by atoms with E-state index in [9.17, 15) is 8.42 Å². The minimum absolute atomic E-state index is 0.114. The second-order valence-corrected chi connectivity index (χ2v) is 7.44. The third kappa shape index (κ3) is 4.18. The third-order valence-electron chi connectivity index (χ3n) is 3.57. The Morgan fingerprint density at radius 2 is 2.18 bits per heavy atom. The van der Waals surface area contributed by atoms with Gasteiger partial charge in [-0.2, -0.15) is 0 Å². The topological polar surface area (TPSA) is 73.9 Å². The zero-order chi connectivity index (χ0) is 16.2. The smallest absolute Gasteiger partial charge is 0.220 e. The fraction of sp³-hybridized carbons (Fsp3) is 0.571. The maximum absolute atomic E-state index is 12.6. The van der Waals surface area contributed by atoms with Gasteiger partial charge in [0.25, 0.3) is 0 Å². The lowest BCUT2D eigenvalue weighted by molar-refractivity contribution is 0.0827. The Kier molecular flexibility index (Phi) is 6.19. The molecule has 3 unspecified atom stereocenters. The van der Waals surface area contributed by atoms with Crippen LogP contribution in [0.15, 0.2) is 24.3 Å². The van der Waals surface area contributed by atoms with Crippen molar-refractivity contribution in [3.63, 3.8) is 0 Å². The molecule has 124 valence electrons. The summed E-state index contributed by atoms with van der Waals surface area (Å²) in [4.78, 5) is 0. The Balaban J connectivity index is 2.20. The Morgan fingerprint density at radius 3 is 2.82 bits per heavy atom. The molecule has 2 rings (SSSR count). The summed E-state index contributed by atoms with van der Waals surface area (Å²) in [5, 5.41) is -0.201. The van der Waals surface area contributed by atoms with Crippen molar-refractivity contribution in [1.29, 1.82) is 0 Å². The van der Waals surface area contributed by atoms with Gasteiger partial charge in [-0.1, -0.05) is 23.7 Å². The van der Waals surface area contributed by atoms with E-state index in [2.05, 4.69) is 4.72 Å². The van der Waals surface area contributed by atoms with Crippen LogP contribution < -0.4 is 4.72 Å². The van der Waals surface area contributed by atoms with Crippen molar-refractivity contribution in [1.82, 2.24) is 4.72 Å². The van der Waals surface area contributed by atoms with Gasteiger partial charge in [0.1, 0.15) is 11.4 Å². The first-order chi connectivity index (χ1) is 10.5. The molecule has 22 heavy (non-hydrogen) atoms. The van der Waals surface area contributed by atoms with Crippen molar-refractivity contribution >= 4 is 21.6 Å². The van der Waals surface area contributed by atoms with Crippen LogP contribution in [0, 0.1) is 0 Å². The van der Waals surface area contributed by atoms with Gasteiger partial charge in [-0.15, -0.1) is 0 Å². The number of hydrogen-bond acceptors (Lipinski definition) is 5. The number of benzene rings is 1. The fourth-order valence-corrected chi connectivity index (χ4v) is 4.24. The Hall–Kier alpha value is -0.700. The molecule has 0 aliphatic carbocycles. The van der Waals surface area contributed by atoms with E-state index in [1.165, 1.54) is 14.2 Å². The average Bonchev–Trinajstić information content (AvgIpc) is 2.96. The molecule has 0 aromatic heterocycles. The van der Waals surface area contributed by atoms with Gasteiger partial charge >= 0.3 is 0 Å². The third-order valence-corrected chi connectivity index (χ3v) is 5.66. The summed E-state index contributed by atoms with van der Waals surface area (Å²) in [6.45, 7) is 0.585. The van der Waals surface area contributed by atoms with Crippen LogP contribution in [0.25, 0.3) is 0 Å². The molecule has 0 saturated carbocycles. The first kappa shape index (κ1) is 17.7. The summed E-state index contributed by atoms with van der Waals surface area (Å²) < 4.78 is 43.4. The molecule has 0 bridgehead atoms. The quantitative estimate of drug-likeness (QED) is 0.804. The fourth-order valence-electron chi connectivity index (χ4n) is 2.40. The molecule has 8 heteroatoms. The van der Waals surface area contributed by atoms with Gasteiger partial charge in [-0.25, -0.2) is 13.1 Å². The van der Waals surface area contributed by atoms with E-state index in [0.29, 0.717) is 5.02 Å². The van der Waals surface area contributed by atoms with Crippen molar-refractivity contribution in [2.45, 2.75) is 17.4 Å². The number of rotatable bonds is 7. The number of sulfonamides is 1. The number of hydrogen-bond donors (Lipinski definition) is 1. The van der Waals surface area contributed by atoms with Crippen molar-refractivity contribution in [3.05, 3.63) is 34.9 Å². The highest BCUT2D eigenvalue weighted by atomic mass is 35.5. The molecule has 0 amide bonds. The molecule has 1 fully saturated rings. The van der Waals surface area contributed by atoms with Crippen LogP contribution in [0.4, 0.5) is 0 Å². The summed E-state index contributed by atoms with van der Waals surface area (Å²) in [7, 11) is -0.633. The Bertz CT molecular complexity index is 595. The zero-order valence-corrected chi connectivity index (χ0v) is 14.1. The highest BCUT2D eigenvalue weighted by Crippen LogP contribution is 2.22. The molecule has 1 saturated heterocycles. The van der Waals surface area contributed by atoms with Crippen LogP contribution in [0.1, 0.15) is 11.6 Å². The molecule has 0 spiro atoms. The van der Waals surface area contributed by atoms with E-state index in [4.69, 9.17) is 25.8 Å². The standard InChI is InChI=1S/C14H20ClNO5S/c1-19-7-12(10-4-3-5-11(15)6-10)16-22(17,18)14-9-21-8-13(14)20-2/h3-6,12-14,16H,7-9H2,1-2H3. The van der Waals surface area contributed by atoms with E-state index in [-0.39, 0.29) is 19.8 Å². The first-order valence-electron chi connectivity index (χ1n) is 6.84. The SMILES string of the molecule is COCC(NS(=O)(=O)C1COCC1OC)c1cccc(Cl)c1. The summed E-state index contributed by atoms with van der Waals surface area (Å²) in [5.41, 5.74) is 0.741. The summed E-state index contributed by atoms with van der Waals surface area (Å²) >= 11 is 5.98. The average molecular weight is 350 g/mol. The van der Waals surface area contributed by atoms with Gasteiger partial charge in [-0.3, -0.25) is 0 Å². The number of ether oxygens (including phenoxy) is 3. The monoisotopic (exact) mass is 349 g/mol. The molecule has 1 N–H and O–H groups in total. The predicted octanol–water partition coefficient (Wildman–Crippen LogP) is 1.36. The molecule has 0 radical (unpaired) electrons. The molecule has 3 atom stereocenters. The molecule has 6 nitrogen and oxygen atoms in total. The zero-order valence-electron chi connectivity index (χ0n) is 12.5. The van der Waals surface area contributed by atoms with Crippen LogP contribution >= 0.6 is 11.6 Å². The second-order valence-electron chi connectivity index (χ2n) is 5.08. The van der Waals surface area contributed by atoms with Crippen LogP contribution in [0.2, 0.25) is 5.02 Å².